The van der Waals surface area contributed by atoms with Gasteiger partial charge in [0.05, 0.1) is 16.8 Å². The van der Waals surface area contributed by atoms with E-state index in [0.29, 0.717) is 46.5 Å². The number of aryl methyl sites for hydroxylation is 1. The number of carbonyl (C=O) groups is 1. The fraction of sp³-hybridized carbons (Fsp3) is 0.364. The van der Waals surface area contributed by atoms with E-state index < -0.39 is 18.6 Å². The molecule has 5 rings (SSSR count). The first-order chi connectivity index (χ1) is 20.7. The zero-order chi connectivity index (χ0) is 32.1. The lowest BCUT2D eigenvalue weighted by Gasteiger charge is -2.44. The monoisotopic (exact) mass is 616 g/mol. The molecule has 0 spiro atoms. The summed E-state index contributed by atoms with van der Waals surface area (Å²) in [5.41, 5.74) is 2.07. The Balaban J connectivity index is 1.86. The predicted octanol–water partition coefficient (Wildman–Crippen LogP) is 5.27. The highest BCUT2D eigenvalue weighted by molar-refractivity contribution is 7.70. The summed E-state index contributed by atoms with van der Waals surface area (Å²) in [4.78, 5) is 44.3. The Morgan fingerprint density at radius 3 is 2.48 bits per heavy atom. The third-order valence-electron chi connectivity index (χ3n) is 8.18. The number of anilines is 1. The number of halogens is 1. The first kappa shape index (κ1) is 31.3. The number of benzene rings is 1. The summed E-state index contributed by atoms with van der Waals surface area (Å²) in [6.07, 6.45) is 2.99. The van der Waals surface area contributed by atoms with Crippen LogP contribution in [-0.4, -0.2) is 68.8 Å². The van der Waals surface area contributed by atoms with E-state index in [1.807, 2.05) is 45.6 Å². The van der Waals surface area contributed by atoms with E-state index in [-0.39, 0.29) is 35.2 Å². The molecule has 4 aromatic rings. The number of aromatic nitrogens is 4. The van der Waals surface area contributed by atoms with E-state index >= 15 is 4.39 Å². The fourth-order valence-electron chi connectivity index (χ4n) is 5.99. The molecule has 1 amide bonds. The molecule has 44 heavy (non-hydrogen) atoms. The van der Waals surface area contributed by atoms with Crippen LogP contribution in [0.15, 0.2) is 60.0 Å². The van der Waals surface area contributed by atoms with Crippen LogP contribution in [0, 0.1) is 12.7 Å². The molecule has 9 nitrogen and oxygen atoms in total. The number of nitrogens with zero attached hydrogens (tertiary/aromatic N) is 6. The van der Waals surface area contributed by atoms with Crippen LogP contribution < -0.4 is 15.9 Å². The van der Waals surface area contributed by atoms with Gasteiger partial charge in [-0.25, -0.2) is 18.7 Å². The highest BCUT2D eigenvalue weighted by atomic mass is 31.2. The van der Waals surface area contributed by atoms with Crippen molar-refractivity contribution in [3.63, 3.8) is 0 Å². The molecule has 2 unspecified atom stereocenters. The zero-order valence-electron chi connectivity index (χ0n) is 26.2. The summed E-state index contributed by atoms with van der Waals surface area (Å²) < 4.78 is 30.9. The Morgan fingerprint density at radius 2 is 1.82 bits per heavy atom. The van der Waals surface area contributed by atoms with Crippen molar-refractivity contribution < 1.29 is 13.8 Å². The summed E-state index contributed by atoms with van der Waals surface area (Å²) in [5, 5.41) is 0.847. The minimum absolute atomic E-state index is 0.00205. The zero-order valence-corrected chi connectivity index (χ0v) is 27.1. The summed E-state index contributed by atoms with van der Waals surface area (Å²) >= 11 is 0. The maximum Gasteiger partial charge on any atom is 0.355 e. The van der Waals surface area contributed by atoms with Gasteiger partial charge < -0.3 is 14.4 Å². The van der Waals surface area contributed by atoms with E-state index in [2.05, 4.69) is 16.5 Å². The molecule has 11 heteroatoms. The number of piperazine rings is 1. The first-order valence-electron chi connectivity index (χ1n) is 14.7. The number of fused-ring (bicyclic) bond motifs is 1. The molecule has 0 aliphatic carbocycles. The van der Waals surface area contributed by atoms with Crippen molar-refractivity contribution in [2.75, 3.05) is 31.3 Å². The van der Waals surface area contributed by atoms with E-state index in [1.54, 1.807) is 48.7 Å². The molecule has 1 aliphatic heterocycles. The Labute approximate surface area is 256 Å². The van der Waals surface area contributed by atoms with Gasteiger partial charge in [0, 0.05) is 42.2 Å². The van der Waals surface area contributed by atoms with Crippen molar-refractivity contribution in [1.82, 2.24) is 24.4 Å². The van der Waals surface area contributed by atoms with Crippen molar-refractivity contribution in [2.24, 2.45) is 0 Å². The minimum Gasteiger partial charge on any atom is -0.349 e. The molecule has 1 aliphatic rings. The van der Waals surface area contributed by atoms with Gasteiger partial charge in [0.2, 0.25) is 5.91 Å². The number of amides is 1. The number of hydrogen-bond acceptors (Lipinski definition) is 7. The van der Waals surface area contributed by atoms with Gasteiger partial charge >= 0.3 is 5.69 Å². The van der Waals surface area contributed by atoms with Crippen molar-refractivity contribution in [3.05, 3.63) is 82.8 Å². The van der Waals surface area contributed by atoms with Crippen LogP contribution in [0.5, 0.6) is 0 Å². The predicted molar refractivity (Wildman–Crippen MR) is 174 cm³/mol. The molecule has 4 heterocycles. The molecule has 2 atom stereocenters. The van der Waals surface area contributed by atoms with Crippen molar-refractivity contribution in [2.45, 2.75) is 52.6 Å². The average molecular weight is 617 g/mol. The lowest BCUT2D eigenvalue weighted by atomic mass is 10.0. The van der Waals surface area contributed by atoms with Crippen LogP contribution in [0.2, 0.25) is 0 Å². The first-order valence-corrected chi connectivity index (χ1v) is 17.3. The van der Waals surface area contributed by atoms with Gasteiger partial charge in [-0.3, -0.25) is 9.78 Å². The summed E-state index contributed by atoms with van der Waals surface area (Å²) in [7, 11) is -2.82. The Kier molecular flexibility index (Phi) is 8.33. The Bertz CT molecular complexity index is 1900. The average Bonchev–Trinajstić information content (AvgIpc) is 2.97. The molecule has 230 valence electrons. The smallest absolute Gasteiger partial charge is 0.349 e. The topological polar surface area (TPSA) is 101 Å². The number of hydrogen-bond donors (Lipinski definition) is 0. The standard InChI is InChI=1S/C33H38FN6O3P/c1-9-27(41)38-17-22(6)39(18-21(38)5)31-24-16-25(34)29(23-12-10-11-13-26(23)44(7,8)43)36-32(24)40(33(42)37-31)30-20(4)14-15-35-28(30)19(2)3/h9-16,19,21-22H,1,17-18H2,2-8H3. The van der Waals surface area contributed by atoms with Crippen molar-refractivity contribution in [3.8, 4) is 16.9 Å². The maximum atomic E-state index is 16.3. The van der Waals surface area contributed by atoms with Crippen LogP contribution in [0.3, 0.4) is 0 Å². The largest absolute Gasteiger partial charge is 0.355 e. The van der Waals surface area contributed by atoms with Crippen LogP contribution >= 0.6 is 7.14 Å². The van der Waals surface area contributed by atoms with Crippen LogP contribution in [0.25, 0.3) is 28.0 Å². The van der Waals surface area contributed by atoms with E-state index in [0.717, 1.165) is 5.56 Å². The lowest BCUT2D eigenvalue weighted by Crippen LogP contribution is -2.58. The van der Waals surface area contributed by atoms with E-state index in [4.69, 9.17) is 4.98 Å². The molecule has 0 N–H and O–H groups in total. The molecular formula is C33H38FN6O3P. The van der Waals surface area contributed by atoms with Crippen LogP contribution in [0.4, 0.5) is 10.2 Å². The van der Waals surface area contributed by atoms with E-state index in [1.165, 1.54) is 16.7 Å². The number of rotatable bonds is 6. The number of carbonyl (C=O) groups excluding carboxylic acids is 1. The van der Waals surface area contributed by atoms with Gasteiger partial charge in [-0.05, 0) is 63.8 Å². The van der Waals surface area contributed by atoms with Crippen molar-refractivity contribution >= 4 is 35.2 Å². The van der Waals surface area contributed by atoms with Crippen LogP contribution in [0.1, 0.15) is 44.9 Å². The second-order valence-corrected chi connectivity index (χ2v) is 15.4. The van der Waals surface area contributed by atoms with Gasteiger partial charge in [0.15, 0.2) is 5.65 Å². The summed E-state index contributed by atoms with van der Waals surface area (Å²) in [6.45, 7) is 17.4. The highest BCUT2D eigenvalue weighted by Crippen LogP contribution is 2.40. The highest BCUT2D eigenvalue weighted by Gasteiger charge is 2.34. The molecule has 1 fully saturated rings. The summed E-state index contributed by atoms with van der Waals surface area (Å²) in [6, 6.07) is 9.67. The van der Waals surface area contributed by atoms with Gasteiger partial charge in [0.25, 0.3) is 0 Å². The summed E-state index contributed by atoms with van der Waals surface area (Å²) in [5.74, 6) is -0.540. The molecule has 1 aromatic carbocycles. The third-order valence-corrected chi connectivity index (χ3v) is 9.73. The maximum absolute atomic E-state index is 16.3. The lowest BCUT2D eigenvalue weighted by molar-refractivity contribution is -0.128. The normalized spacial score (nSPS) is 17.4. The third kappa shape index (κ3) is 5.47. The molecule has 1 saturated heterocycles. The van der Waals surface area contributed by atoms with E-state index in [9.17, 15) is 14.2 Å². The molecule has 3 aromatic heterocycles. The van der Waals surface area contributed by atoms with Gasteiger partial charge in [-0.15, -0.1) is 0 Å². The van der Waals surface area contributed by atoms with Gasteiger partial charge in [-0.2, -0.15) is 4.98 Å². The van der Waals surface area contributed by atoms with Crippen molar-refractivity contribution in [1.29, 1.82) is 0 Å². The molecule has 0 saturated carbocycles. The second-order valence-electron chi connectivity index (χ2n) is 12.2. The van der Waals surface area contributed by atoms with Gasteiger partial charge in [-0.1, -0.05) is 44.7 Å². The Hall–Kier alpha value is -4.17. The molecular weight excluding hydrogens is 578 g/mol. The Morgan fingerprint density at radius 1 is 1.11 bits per heavy atom. The molecule has 0 bridgehead atoms. The van der Waals surface area contributed by atoms with Crippen LogP contribution in [-0.2, 0) is 9.36 Å². The quantitative estimate of drug-likeness (QED) is 0.215. The second kappa shape index (κ2) is 11.7. The SMILES string of the molecule is C=CC(=O)N1CC(C)N(c2nc(=O)n(-c3c(C)ccnc3C(C)C)c3nc(-c4ccccc4P(C)(C)=O)c(F)cc23)CC1C. The fourth-order valence-corrected chi connectivity index (χ4v) is 7.19. The van der Waals surface area contributed by atoms with Gasteiger partial charge in [0.1, 0.15) is 24.5 Å². The molecule has 0 radical (unpaired) electrons. The number of pyridine rings is 2. The minimum atomic E-state index is -2.82.